The Morgan fingerprint density at radius 3 is 2.53 bits per heavy atom. The molecule has 4 nitrogen and oxygen atoms in total. The van der Waals surface area contributed by atoms with E-state index in [1.807, 2.05) is 12.1 Å². The predicted molar refractivity (Wildman–Crippen MR) is 68.1 cm³/mol. The average molecular weight is 252 g/mol. The molecule has 1 aromatic carbocycles. The number of nitriles is 2. The first-order chi connectivity index (χ1) is 9.13. The maximum absolute atomic E-state index is 13.0. The van der Waals surface area contributed by atoms with Gasteiger partial charge in [-0.15, -0.1) is 0 Å². The second-order valence-electron chi connectivity index (χ2n) is 3.89. The minimum absolute atomic E-state index is 0.159. The number of halogens is 1. The molecule has 0 saturated heterocycles. The maximum Gasteiger partial charge on any atom is 0.148 e. The Bertz CT molecular complexity index is 710. The van der Waals surface area contributed by atoms with Crippen LogP contribution < -0.4 is 5.32 Å². The van der Waals surface area contributed by atoms with Crippen molar-refractivity contribution in [3.63, 3.8) is 0 Å². The maximum atomic E-state index is 13.0. The van der Waals surface area contributed by atoms with Crippen LogP contribution in [0, 0.1) is 35.4 Å². The van der Waals surface area contributed by atoms with Gasteiger partial charge in [-0.05, 0) is 37.3 Å². The van der Waals surface area contributed by atoms with Gasteiger partial charge in [0.25, 0.3) is 0 Å². The fraction of sp³-hybridized carbons (Fsp3) is 0.0714. The first-order valence-electron chi connectivity index (χ1n) is 5.48. The van der Waals surface area contributed by atoms with E-state index in [4.69, 9.17) is 10.5 Å². The Hall–Kier alpha value is -2.92. The third-order valence-electron chi connectivity index (χ3n) is 2.51. The van der Waals surface area contributed by atoms with E-state index < -0.39 is 5.82 Å². The molecular weight excluding hydrogens is 243 g/mol. The largest absolute Gasteiger partial charge is 0.338 e. The topological polar surface area (TPSA) is 72.5 Å². The van der Waals surface area contributed by atoms with Crippen LogP contribution >= 0.6 is 0 Å². The summed E-state index contributed by atoms with van der Waals surface area (Å²) in [6.45, 7) is 1.79. The summed E-state index contributed by atoms with van der Waals surface area (Å²) in [4.78, 5) is 4.20. The summed E-state index contributed by atoms with van der Waals surface area (Å²) in [5, 5.41) is 20.9. The van der Waals surface area contributed by atoms with Crippen molar-refractivity contribution in [1.82, 2.24) is 4.98 Å². The number of hydrogen-bond donors (Lipinski definition) is 1. The zero-order valence-electron chi connectivity index (χ0n) is 10.1. The third kappa shape index (κ3) is 2.67. The normalized spacial score (nSPS) is 9.47. The van der Waals surface area contributed by atoms with Crippen LogP contribution in [0.3, 0.4) is 0 Å². The van der Waals surface area contributed by atoms with Crippen LogP contribution in [0.4, 0.5) is 15.9 Å². The lowest BCUT2D eigenvalue weighted by atomic mass is 10.1. The van der Waals surface area contributed by atoms with Crippen molar-refractivity contribution in [1.29, 1.82) is 10.5 Å². The molecule has 2 aromatic rings. The van der Waals surface area contributed by atoms with Crippen molar-refractivity contribution in [3.8, 4) is 12.1 Å². The van der Waals surface area contributed by atoms with Gasteiger partial charge in [0.15, 0.2) is 0 Å². The monoisotopic (exact) mass is 252 g/mol. The van der Waals surface area contributed by atoms with Gasteiger partial charge in [-0.25, -0.2) is 9.37 Å². The average Bonchev–Trinajstić information content (AvgIpc) is 2.41. The van der Waals surface area contributed by atoms with E-state index in [-0.39, 0.29) is 5.56 Å². The number of nitrogens with one attached hydrogen (secondary N) is 1. The molecule has 0 aliphatic carbocycles. The lowest BCUT2D eigenvalue weighted by molar-refractivity contribution is 0.627. The molecule has 1 N–H and O–H groups in total. The van der Waals surface area contributed by atoms with Crippen LogP contribution in [0.1, 0.15) is 16.8 Å². The first kappa shape index (κ1) is 12.5. The lowest BCUT2D eigenvalue weighted by Gasteiger charge is -2.09. The van der Waals surface area contributed by atoms with Crippen molar-refractivity contribution in [3.05, 3.63) is 53.0 Å². The molecule has 1 heterocycles. The fourth-order valence-electron chi connectivity index (χ4n) is 1.59. The van der Waals surface area contributed by atoms with Gasteiger partial charge in [0.05, 0.1) is 16.8 Å². The summed E-state index contributed by atoms with van der Waals surface area (Å²) in [6.07, 6.45) is 0. The molecule has 0 bridgehead atoms. The number of benzene rings is 1. The number of anilines is 2. The van der Waals surface area contributed by atoms with Crippen LogP contribution in [0.2, 0.25) is 0 Å². The van der Waals surface area contributed by atoms with Crippen LogP contribution in [0.25, 0.3) is 0 Å². The molecule has 92 valence electrons. The smallest absolute Gasteiger partial charge is 0.148 e. The molecule has 19 heavy (non-hydrogen) atoms. The molecule has 0 fully saturated rings. The molecule has 0 saturated carbocycles. The molecule has 5 heteroatoms. The van der Waals surface area contributed by atoms with Gasteiger partial charge >= 0.3 is 0 Å². The Morgan fingerprint density at radius 2 is 1.84 bits per heavy atom. The van der Waals surface area contributed by atoms with E-state index in [2.05, 4.69) is 10.3 Å². The van der Waals surface area contributed by atoms with Gasteiger partial charge in [0.2, 0.25) is 0 Å². The SMILES string of the molecule is Cc1ccc(C#N)c(Nc2ccc(F)cc2C#N)n1. The highest BCUT2D eigenvalue weighted by atomic mass is 19.1. The van der Waals surface area contributed by atoms with Crippen LogP contribution in [0.5, 0.6) is 0 Å². The van der Waals surface area contributed by atoms with Gasteiger partial charge in [0.1, 0.15) is 23.8 Å². The summed E-state index contributed by atoms with van der Waals surface area (Å²) in [6, 6.07) is 11.1. The molecule has 0 aliphatic heterocycles. The molecule has 0 aliphatic rings. The number of aryl methyl sites for hydroxylation is 1. The molecule has 0 unspecified atom stereocenters. The van der Waals surface area contributed by atoms with E-state index >= 15 is 0 Å². The highest BCUT2D eigenvalue weighted by molar-refractivity contribution is 5.68. The Labute approximate surface area is 109 Å². The van der Waals surface area contributed by atoms with E-state index in [9.17, 15) is 4.39 Å². The number of hydrogen-bond acceptors (Lipinski definition) is 4. The Balaban J connectivity index is 2.45. The first-order valence-corrected chi connectivity index (χ1v) is 5.48. The van der Waals surface area contributed by atoms with Gasteiger partial charge in [-0.2, -0.15) is 10.5 Å². The summed E-state index contributed by atoms with van der Waals surface area (Å²) in [7, 11) is 0. The quantitative estimate of drug-likeness (QED) is 0.891. The van der Waals surface area contributed by atoms with Crippen molar-refractivity contribution >= 4 is 11.5 Å². The fourth-order valence-corrected chi connectivity index (χ4v) is 1.59. The second kappa shape index (κ2) is 5.16. The summed E-state index contributed by atoms with van der Waals surface area (Å²) in [5.41, 5.74) is 1.67. The third-order valence-corrected chi connectivity index (χ3v) is 2.51. The Morgan fingerprint density at radius 1 is 1.11 bits per heavy atom. The van der Waals surface area contributed by atoms with Crippen LogP contribution in [-0.2, 0) is 0 Å². The highest BCUT2D eigenvalue weighted by Gasteiger charge is 2.08. The number of aromatic nitrogens is 1. The van der Waals surface area contributed by atoms with E-state index in [0.29, 0.717) is 17.1 Å². The molecule has 2 rings (SSSR count). The Kier molecular flexibility index (Phi) is 3.40. The van der Waals surface area contributed by atoms with Crippen molar-refractivity contribution in [2.24, 2.45) is 0 Å². The second-order valence-corrected chi connectivity index (χ2v) is 3.89. The van der Waals surface area contributed by atoms with Crippen LogP contribution in [0.15, 0.2) is 30.3 Å². The molecule has 0 atom stereocenters. The minimum Gasteiger partial charge on any atom is -0.338 e. The number of rotatable bonds is 2. The summed E-state index contributed by atoms with van der Waals surface area (Å²) in [5.74, 6) is -0.134. The van der Waals surface area contributed by atoms with Crippen LogP contribution in [-0.4, -0.2) is 4.98 Å². The predicted octanol–water partition coefficient (Wildman–Crippen LogP) is 3.02. The zero-order valence-corrected chi connectivity index (χ0v) is 10.1. The van der Waals surface area contributed by atoms with Gasteiger partial charge in [-0.1, -0.05) is 0 Å². The van der Waals surface area contributed by atoms with E-state index in [1.54, 1.807) is 19.1 Å². The minimum atomic E-state index is -0.486. The zero-order chi connectivity index (χ0) is 13.8. The molecule has 0 amide bonds. The number of nitrogens with zero attached hydrogens (tertiary/aromatic N) is 3. The van der Waals surface area contributed by atoms with Crippen molar-refractivity contribution < 1.29 is 4.39 Å². The van der Waals surface area contributed by atoms with Crippen molar-refractivity contribution in [2.45, 2.75) is 6.92 Å². The molecule has 0 radical (unpaired) electrons. The van der Waals surface area contributed by atoms with Crippen molar-refractivity contribution in [2.75, 3.05) is 5.32 Å². The summed E-state index contributed by atoms with van der Waals surface area (Å²) < 4.78 is 13.0. The van der Waals surface area contributed by atoms with Gasteiger partial charge < -0.3 is 5.32 Å². The van der Waals surface area contributed by atoms with Gasteiger partial charge in [-0.3, -0.25) is 0 Å². The molecular formula is C14H9FN4. The number of pyridine rings is 1. The van der Waals surface area contributed by atoms with E-state index in [0.717, 1.165) is 11.8 Å². The molecule has 1 aromatic heterocycles. The van der Waals surface area contributed by atoms with Gasteiger partial charge in [0, 0.05) is 5.69 Å². The molecule has 0 spiro atoms. The van der Waals surface area contributed by atoms with E-state index in [1.165, 1.54) is 12.1 Å². The summed E-state index contributed by atoms with van der Waals surface area (Å²) >= 11 is 0. The lowest BCUT2D eigenvalue weighted by Crippen LogP contribution is -2.00. The standard InChI is InChI=1S/C14H9FN4/c1-9-2-3-10(7-16)14(18-9)19-13-5-4-12(15)6-11(13)8-17/h2-6H,1H3,(H,18,19). The highest BCUT2D eigenvalue weighted by Crippen LogP contribution is 2.22.